The summed E-state index contributed by atoms with van der Waals surface area (Å²) < 4.78 is 28.9. The van der Waals surface area contributed by atoms with E-state index in [0.717, 1.165) is 26.6 Å². The van der Waals surface area contributed by atoms with E-state index in [9.17, 15) is 18.0 Å². The Bertz CT molecular complexity index is 1340. The van der Waals surface area contributed by atoms with Crippen LogP contribution in [0.25, 0.3) is 0 Å². The second-order valence-electron chi connectivity index (χ2n) is 9.23. The van der Waals surface area contributed by atoms with Crippen molar-refractivity contribution in [3.63, 3.8) is 0 Å². The van der Waals surface area contributed by atoms with Gasteiger partial charge in [-0.3, -0.25) is 13.9 Å². The minimum Gasteiger partial charge on any atom is -0.357 e. The topological polar surface area (TPSA) is 86.8 Å². The van der Waals surface area contributed by atoms with Crippen molar-refractivity contribution in [1.29, 1.82) is 0 Å². The van der Waals surface area contributed by atoms with Crippen LogP contribution in [0.15, 0.2) is 77.7 Å². The van der Waals surface area contributed by atoms with Crippen molar-refractivity contribution >= 4 is 27.5 Å². The molecule has 1 atom stereocenters. The molecule has 0 saturated carbocycles. The maximum Gasteiger partial charge on any atom is 0.264 e. The van der Waals surface area contributed by atoms with Crippen LogP contribution in [0.2, 0.25) is 0 Å². The third-order valence-corrected chi connectivity index (χ3v) is 8.19. The average Bonchev–Trinajstić information content (AvgIpc) is 2.89. The maximum atomic E-state index is 13.9. The largest absolute Gasteiger partial charge is 0.357 e. The summed E-state index contributed by atoms with van der Waals surface area (Å²) in [6.07, 6.45) is 0.530. The zero-order valence-electron chi connectivity index (χ0n) is 22.1. The summed E-state index contributed by atoms with van der Waals surface area (Å²) in [5.41, 5.74) is 3.98. The van der Waals surface area contributed by atoms with Crippen LogP contribution in [0.5, 0.6) is 0 Å². The Balaban J connectivity index is 2.02. The van der Waals surface area contributed by atoms with Crippen LogP contribution >= 0.6 is 0 Å². The van der Waals surface area contributed by atoms with E-state index in [1.165, 1.54) is 11.9 Å². The lowest BCUT2D eigenvalue weighted by atomic mass is 10.1. The third kappa shape index (κ3) is 6.77. The molecule has 0 radical (unpaired) electrons. The van der Waals surface area contributed by atoms with Gasteiger partial charge in [-0.15, -0.1) is 0 Å². The van der Waals surface area contributed by atoms with E-state index in [0.29, 0.717) is 12.1 Å². The highest BCUT2D eigenvalue weighted by Crippen LogP contribution is 2.28. The third-order valence-electron chi connectivity index (χ3n) is 6.42. The summed E-state index contributed by atoms with van der Waals surface area (Å²) in [7, 11) is -2.56. The summed E-state index contributed by atoms with van der Waals surface area (Å²) >= 11 is 0. The monoisotopic (exact) mass is 521 g/mol. The molecule has 0 saturated heterocycles. The molecule has 0 fully saturated rings. The fourth-order valence-electron chi connectivity index (χ4n) is 4.12. The van der Waals surface area contributed by atoms with Crippen LogP contribution in [0.3, 0.4) is 0 Å². The number of carbonyl (C=O) groups is 2. The van der Waals surface area contributed by atoms with Gasteiger partial charge in [-0.05, 0) is 69.0 Å². The number of aryl methyl sites for hydroxylation is 3. The lowest BCUT2D eigenvalue weighted by molar-refractivity contribution is -0.138. The molecular weight excluding hydrogens is 486 g/mol. The number of likely N-dealkylation sites (N-methyl/N-ethyl adjacent to an activating group) is 1. The van der Waals surface area contributed by atoms with E-state index >= 15 is 0 Å². The standard InChI is InChI=1S/C29H35N3O4S/c1-21-12-15-26(16-13-21)37(35,36)32(27-19-22(2)11-14-23(27)3)20-28(33)31(24(4)29(34)30-5)18-17-25-9-7-6-8-10-25/h6-16,19,24H,17-18,20H2,1-5H3,(H,30,34). The summed E-state index contributed by atoms with van der Waals surface area (Å²) in [6.45, 7) is 7.06. The second kappa shape index (κ2) is 12.1. The van der Waals surface area contributed by atoms with Crippen molar-refractivity contribution in [3.8, 4) is 0 Å². The number of benzene rings is 3. The lowest BCUT2D eigenvalue weighted by Crippen LogP contribution is -2.51. The molecule has 0 aliphatic heterocycles. The molecule has 0 bridgehead atoms. The molecule has 1 unspecified atom stereocenters. The smallest absolute Gasteiger partial charge is 0.264 e. The minimum absolute atomic E-state index is 0.0991. The van der Waals surface area contributed by atoms with Gasteiger partial charge >= 0.3 is 0 Å². The molecule has 0 spiro atoms. The van der Waals surface area contributed by atoms with Crippen LogP contribution in [0.1, 0.15) is 29.2 Å². The number of rotatable bonds is 10. The zero-order chi connectivity index (χ0) is 27.2. The molecule has 3 aromatic rings. The number of anilines is 1. The first-order chi connectivity index (χ1) is 17.5. The number of nitrogens with zero attached hydrogens (tertiary/aromatic N) is 2. The minimum atomic E-state index is -4.07. The van der Waals surface area contributed by atoms with Gasteiger partial charge in [0.1, 0.15) is 12.6 Å². The van der Waals surface area contributed by atoms with E-state index in [1.807, 2.05) is 63.2 Å². The Morgan fingerprint density at radius 1 is 0.892 bits per heavy atom. The molecule has 1 N–H and O–H groups in total. The van der Waals surface area contributed by atoms with Gasteiger partial charge in [0.2, 0.25) is 11.8 Å². The molecule has 7 nitrogen and oxygen atoms in total. The van der Waals surface area contributed by atoms with E-state index in [-0.39, 0.29) is 17.3 Å². The van der Waals surface area contributed by atoms with Crippen LogP contribution in [-0.4, -0.2) is 51.3 Å². The van der Waals surface area contributed by atoms with Crippen molar-refractivity contribution in [2.45, 2.75) is 45.1 Å². The van der Waals surface area contributed by atoms with Gasteiger partial charge in [-0.2, -0.15) is 0 Å². The zero-order valence-corrected chi connectivity index (χ0v) is 22.9. The van der Waals surface area contributed by atoms with E-state index in [1.54, 1.807) is 37.3 Å². The van der Waals surface area contributed by atoms with Crippen LogP contribution in [-0.2, 0) is 26.0 Å². The van der Waals surface area contributed by atoms with Crippen molar-refractivity contribution in [2.75, 3.05) is 24.4 Å². The van der Waals surface area contributed by atoms with Crippen molar-refractivity contribution in [3.05, 3.63) is 95.1 Å². The SMILES string of the molecule is CNC(=O)C(C)N(CCc1ccccc1)C(=O)CN(c1cc(C)ccc1C)S(=O)(=O)c1ccc(C)cc1. The first kappa shape index (κ1) is 27.9. The van der Waals surface area contributed by atoms with Gasteiger partial charge in [0.25, 0.3) is 10.0 Å². The van der Waals surface area contributed by atoms with Crippen molar-refractivity contribution < 1.29 is 18.0 Å². The van der Waals surface area contributed by atoms with Gasteiger partial charge in [-0.25, -0.2) is 8.42 Å². The molecular formula is C29H35N3O4S. The first-order valence-electron chi connectivity index (χ1n) is 12.3. The van der Waals surface area contributed by atoms with Crippen molar-refractivity contribution in [1.82, 2.24) is 10.2 Å². The number of carbonyl (C=O) groups excluding carboxylic acids is 2. The molecule has 8 heteroatoms. The first-order valence-corrected chi connectivity index (χ1v) is 13.7. The molecule has 0 aliphatic carbocycles. The Morgan fingerprint density at radius 2 is 1.51 bits per heavy atom. The quantitative estimate of drug-likeness (QED) is 0.437. The molecule has 0 aromatic heterocycles. The number of hydrogen-bond donors (Lipinski definition) is 1. The predicted octanol–water partition coefficient (Wildman–Crippen LogP) is 4.01. The average molecular weight is 522 g/mol. The number of hydrogen-bond acceptors (Lipinski definition) is 4. The van der Waals surface area contributed by atoms with E-state index in [2.05, 4.69) is 5.32 Å². The number of amides is 2. The van der Waals surface area contributed by atoms with Crippen LogP contribution in [0.4, 0.5) is 5.69 Å². The lowest BCUT2D eigenvalue weighted by Gasteiger charge is -2.32. The van der Waals surface area contributed by atoms with Crippen LogP contribution in [0, 0.1) is 20.8 Å². The highest BCUT2D eigenvalue weighted by molar-refractivity contribution is 7.92. The van der Waals surface area contributed by atoms with Gasteiger partial charge in [0.15, 0.2) is 0 Å². The maximum absolute atomic E-state index is 13.9. The summed E-state index contributed by atoms with van der Waals surface area (Å²) in [4.78, 5) is 27.9. The number of sulfonamides is 1. The Labute approximate surface area is 220 Å². The Kier molecular flexibility index (Phi) is 9.10. The molecule has 37 heavy (non-hydrogen) atoms. The fourth-order valence-corrected chi connectivity index (χ4v) is 5.59. The Morgan fingerprint density at radius 3 is 2.14 bits per heavy atom. The van der Waals surface area contributed by atoms with Gasteiger partial charge in [0.05, 0.1) is 10.6 Å². The van der Waals surface area contributed by atoms with Gasteiger partial charge < -0.3 is 10.2 Å². The molecule has 0 aliphatic rings. The molecule has 3 aromatic carbocycles. The summed E-state index contributed by atoms with van der Waals surface area (Å²) in [6, 6.07) is 21.0. The summed E-state index contributed by atoms with van der Waals surface area (Å²) in [5, 5.41) is 2.60. The highest BCUT2D eigenvalue weighted by Gasteiger charge is 2.32. The van der Waals surface area contributed by atoms with E-state index in [4.69, 9.17) is 0 Å². The van der Waals surface area contributed by atoms with Crippen LogP contribution < -0.4 is 9.62 Å². The normalized spacial score (nSPS) is 12.0. The molecule has 3 rings (SSSR count). The van der Waals surface area contributed by atoms with Crippen molar-refractivity contribution in [2.24, 2.45) is 0 Å². The van der Waals surface area contributed by atoms with Gasteiger partial charge in [-0.1, -0.05) is 60.2 Å². The molecule has 0 heterocycles. The summed E-state index contributed by atoms with van der Waals surface area (Å²) in [5.74, 6) is -0.773. The molecule has 196 valence electrons. The predicted molar refractivity (Wildman–Crippen MR) is 147 cm³/mol. The fraction of sp³-hybridized carbons (Fsp3) is 0.310. The highest BCUT2D eigenvalue weighted by atomic mass is 32.2. The second-order valence-corrected chi connectivity index (χ2v) is 11.1. The van der Waals surface area contributed by atoms with E-state index < -0.39 is 28.5 Å². The van der Waals surface area contributed by atoms with Gasteiger partial charge in [0, 0.05) is 13.6 Å². The molecule has 2 amide bonds. The number of nitrogens with one attached hydrogen (secondary N) is 1. The Hall–Kier alpha value is -3.65.